The molecule has 0 aliphatic carbocycles. The Morgan fingerprint density at radius 3 is 2.30 bits per heavy atom. The molecule has 0 aliphatic heterocycles. The van der Waals surface area contributed by atoms with Crippen LogP contribution in [0.4, 0.5) is 0 Å². The van der Waals surface area contributed by atoms with E-state index in [1.165, 1.54) is 0 Å². The summed E-state index contributed by atoms with van der Waals surface area (Å²) in [4.78, 5) is 0.269. The Hall–Kier alpha value is -0.910. The van der Waals surface area contributed by atoms with Crippen LogP contribution in [0.15, 0.2) is 23.1 Å². The summed E-state index contributed by atoms with van der Waals surface area (Å²) in [5.74, 6) is 0. The van der Waals surface area contributed by atoms with Crippen molar-refractivity contribution >= 4 is 10.0 Å². The molecule has 0 saturated heterocycles. The fourth-order valence-electron chi connectivity index (χ4n) is 1.73. The molecule has 1 atom stereocenters. The smallest absolute Gasteiger partial charge is 0.240 e. The minimum Gasteiger partial charge on any atom is -0.393 e. The molecular weight excluding hydrogens is 274 g/mol. The van der Waals surface area contributed by atoms with Crippen LogP contribution in [0.3, 0.4) is 0 Å². The van der Waals surface area contributed by atoms with Gasteiger partial charge in [0.25, 0.3) is 0 Å². The molecule has 0 aromatic heterocycles. The second kappa shape index (κ2) is 6.24. The second-order valence-electron chi connectivity index (χ2n) is 6.31. The molecule has 0 aliphatic rings. The number of sulfonamides is 1. The van der Waals surface area contributed by atoms with Gasteiger partial charge in [-0.2, -0.15) is 0 Å². The van der Waals surface area contributed by atoms with E-state index in [-0.39, 0.29) is 16.9 Å². The van der Waals surface area contributed by atoms with E-state index in [1.54, 1.807) is 18.2 Å². The molecule has 1 unspecified atom stereocenters. The highest BCUT2D eigenvalue weighted by Gasteiger charge is 2.22. The monoisotopic (exact) mass is 299 g/mol. The predicted molar refractivity (Wildman–Crippen MR) is 81.2 cm³/mol. The Morgan fingerprint density at radius 1 is 1.20 bits per heavy atom. The minimum absolute atomic E-state index is 0.230. The summed E-state index contributed by atoms with van der Waals surface area (Å²) in [6.45, 7) is 9.84. The summed E-state index contributed by atoms with van der Waals surface area (Å²) in [6, 6.07) is 5.07. The molecule has 1 aromatic carbocycles. The maximum Gasteiger partial charge on any atom is 0.240 e. The third kappa shape index (κ3) is 4.58. The van der Waals surface area contributed by atoms with Gasteiger partial charge in [0.1, 0.15) is 0 Å². The highest BCUT2D eigenvalue weighted by molar-refractivity contribution is 7.89. The number of aryl methyl sites for hydroxylation is 2. The Balaban J connectivity index is 2.69. The molecule has 0 saturated carbocycles. The lowest BCUT2D eigenvalue weighted by atomic mass is 9.87. The van der Waals surface area contributed by atoms with Gasteiger partial charge < -0.3 is 5.11 Å². The summed E-state index contributed by atoms with van der Waals surface area (Å²) < 4.78 is 26.8. The van der Waals surface area contributed by atoms with Crippen molar-refractivity contribution < 1.29 is 13.5 Å². The van der Waals surface area contributed by atoms with E-state index >= 15 is 0 Å². The zero-order chi connectivity index (χ0) is 15.6. The van der Waals surface area contributed by atoms with Gasteiger partial charge in [-0.1, -0.05) is 26.8 Å². The average Bonchev–Trinajstić information content (AvgIpc) is 2.31. The van der Waals surface area contributed by atoms with Crippen LogP contribution in [0.1, 0.15) is 38.3 Å². The summed E-state index contributed by atoms with van der Waals surface area (Å²) in [5.41, 5.74) is 1.76. The highest BCUT2D eigenvalue weighted by Crippen LogP contribution is 2.21. The zero-order valence-electron chi connectivity index (χ0n) is 12.9. The maximum atomic E-state index is 12.1. The third-order valence-corrected chi connectivity index (χ3v) is 4.96. The Bertz CT molecular complexity index is 559. The molecule has 0 fully saturated rings. The molecule has 0 spiro atoms. The summed E-state index contributed by atoms with van der Waals surface area (Å²) in [6.07, 6.45) is -0.141. The van der Waals surface area contributed by atoms with Crippen LogP contribution < -0.4 is 4.72 Å². The van der Waals surface area contributed by atoms with E-state index in [1.807, 2.05) is 34.6 Å². The topological polar surface area (TPSA) is 66.4 Å². The van der Waals surface area contributed by atoms with Crippen LogP contribution in [-0.4, -0.2) is 26.2 Å². The molecule has 1 aromatic rings. The number of benzene rings is 1. The number of rotatable bonds is 5. The van der Waals surface area contributed by atoms with E-state index in [0.717, 1.165) is 11.1 Å². The number of hydrogen-bond acceptors (Lipinski definition) is 3. The van der Waals surface area contributed by atoms with Crippen molar-refractivity contribution in [3.63, 3.8) is 0 Å². The molecule has 0 heterocycles. The molecule has 5 heteroatoms. The van der Waals surface area contributed by atoms with Gasteiger partial charge in [0, 0.05) is 6.54 Å². The Morgan fingerprint density at radius 2 is 1.80 bits per heavy atom. The summed E-state index contributed by atoms with van der Waals surface area (Å²) in [5, 5.41) is 9.90. The first-order chi connectivity index (χ1) is 9.04. The van der Waals surface area contributed by atoms with Gasteiger partial charge in [0.05, 0.1) is 11.0 Å². The van der Waals surface area contributed by atoms with E-state index in [9.17, 15) is 13.5 Å². The molecule has 0 radical (unpaired) electrons. The third-order valence-electron chi connectivity index (χ3n) is 3.50. The van der Waals surface area contributed by atoms with Crippen molar-refractivity contribution in [2.24, 2.45) is 5.41 Å². The first-order valence-electron chi connectivity index (χ1n) is 6.79. The largest absolute Gasteiger partial charge is 0.393 e. The van der Waals surface area contributed by atoms with Crippen molar-refractivity contribution in [1.82, 2.24) is 4.72 Å². The lowest BCUT2D eigenvalue weighted by molar-refractivity contribution is 0.0571. The molecule has 4 nitrogen and oxygen atoms in total. The van der Waals surface area contributed by atoms with E-state index < -0.39 is 16.1 Å². The summed E-state index contributed by atoms with van der Waals surface area (Å²) >= 11 is 0. The molecule has 0 amide bonds. The number of hydrogen-bond donors (Lipinski definition) is 2. The number of aliphatic hydroxyl groups is 1. The molecule has 114 valence electrons. The van der Waals surface area contributed by atoms with Crippen LogP contribution >= 0.6 is 0 Å². The molecule has 0 bridgehead atoms. The van der Waals surface area contributed by atoms with Gasteiger partial charge >= 0.3 is 0 Å². The normalized spacial score (nSPS) is 14.3. The maximum absolute atomic E-state index is 12.1. The molecular formula is C15H25NO3S. The lowest BCUT2D eigenvalue weighted by Crippen LogP contribution is -2.32. The first kappa shape index (κ1) is 17.1. The predicted octanol–water partition coefficient (Wildman–Crippen LogP) is 2.38. The molecule has 2 N–H and O–H groups in total. The van der Waals surface area contributed by atoms with E-state index in [4.69, 9.17) is 0 Å². The minimum atomic E-state index is -3.50. The first-order valence-corrected chi connectivity index (χ1v) is 8.27. The second-order valence-corrected chi connectivity index (χ2v) is 8.08. The van der Waals surface area contributed by atoms with Crippen molar-refractivity contribution in [2.75, 3.05) is 6.54 Å². The van der Waals surface area contributed by atoms with Crippen LogP contribution in [0, 0.1) is 19.3 Å². The van der Waals surface area contributed by atoms with Crippen molar-refractivity contribution in [3.05, 3.63) is 29.3 Å². The van der Waals surface area contributed by atoms with E-state index in [2.05, 4.69) is 4.72 Å². The van der Waals surface area contributed by atoms with Gasteiger partial charge in [-0.15, -0.1) is 0 Å². The van der Waals surface area contributed by atoms with Gasteiger partial charge in [-0.05, 0) is 48.9 Å². The fourth-order valence-corrected chi connectivity index (χ4v) is 2.86. The van der Waals surface area contributed by atoms with Gasteiger partial charge in [0.15, 0.2) is 0 Å². The fraction of sp³-hybridized carbons (Fsp3) is 0.600. The van der Waals surface area contributed by atoms with E-state index in [0.29, 0.717) is 6.42 Å². The van der Waals surface area contributed by atoms with Gasteiger partial charge in [0.2, 0.25) is 10.0 Å². The Kier molecular flexibility index (Phi) is 5.35. The van der Waals surface area contributed by atoms with Gasteiger partial charge in [-0.25, -0.2) is 13.1 Å². The van der Waals surface area contributed by atoms with Crippen molar-refractivity contribution in [1.29, 1.82) is 0 Å². The van der Waals surface area contributed by atoms with Crippen LogP contribution in [0.2, 0.25) is 0 Å². The zero-order valence-corrected chi connectivity index (χ0v) is 13.7. The average molecular weight is 299 g/mol. The quantitative estimate of drug-likeness (QED) is 0.877. The number of nitrogens with one attached hydrogen (secondary N) is 1. The van der Waals surface area contributed by atoms with Crippen molar-refractivity contribution in [2.45, 2.75) is 52.0 Å². The molecule has 20 heavy (non-hydrogen) atoms. The van der Waals surface area contributed by atoms with Crippen LogP contribution in [0.25, 0.3) is 0 Å². The standard InChI is InChI=1S/C15H25NO3S/c1-11-6-7-13(10-12(11)2)20(18,19)16-9-8-14(17)15(3,4)5/h6-7,10,14,16-17H,8-9H2,1-5H3. The lowest BCUT2D eigenvalue weighted by Gasteiger charge is -2.25. The Labute approximate surface area is 122 Å². The van der Waals surface area contributed by atoms with Crippen LogP contribution in [0.5, 0.6) is 0 Å². The van der Waals surface area contributed by atoms with Crippen molar-refractivity contribution in [3.8, 4) is 0 Å². The number of aliphatic hydroxyl groups excluding tert-OH is 1. The van der Waals surface area contributed by atoms with Crippen LogP contribution in [-0.2, 0) is 10.0 Å². The SMILES string of the molecule is Cc1ccc(S(=O)(=O)NCCC(O)C(C)(C)C)cc1C. The molecule has 1 rings (SSSR count). The highest BCUT2D eigenvalue weighted by atomic mass is 32.2. The van der Waals surface area contributed by atoms with Gasteiger partial charge in [-0.3, -0.25) is 0 Å². The summed E-state index contributed by atoms with van der Waals surface area (Å²) in [7, 11) is -3.50.